The molecular formula is C10H22ClN. The maximum atomic E-state index is 5.88. The van der Waals surface area contributed by atoms with Crippen molar-refractivity contribution in [1.82, 2.24) is 0 Å². The van der Waals surface area contributed by atoms with Gasteiger partial charge in [0.15, 0.2) is 0 Å². The highest BCUT2D eigenvalue weighted by Crippen LogP contribution is 2.06. The van der Waals surface area contributed by atoms with Gasteiger partial charge < -0.3 is 5.73 Å². The smallest absolute Gasteiger partial charge is 0.0249 e. The maximum absolute atomic E-state index is 5.88. The van der Waals surface area contributed by atoms with Crippen LogP contribution in [0.5, 0.6) is 0 Å². The van der Waals surface area contributed by atoms with Crippen molar-refractivity contribution in [1.29, 1.82) is 0 Å². The van der Waals surface area contributed by atoms with Crippen molar-refractivity contribution in [2.24, 2.45) is 11.7 Å². The molecule has 0 amide bonds. The summed E-state index contributed by atoms with van der Waals surface area (Å²) < 4.78 is 0. The summed E-state index contributed by atoms with van der Waals surface area (Å²) in [5, 5.41) is 0. The van der Waals surface area contributed by atoms with Crippen LogP contribution in [0, 0.1) is 5.92 Å². The van der Waals surface area contributed by atoms with E-state index in [1.165, 1.54) is 6.42 Å². The van der Waals surface area contributed by atoms with Gasteiger partial charge in [0, 0.05) is 6.04 Å². The normalized spacial score (nSPS) is 15.7. The molecule has 0 unspecified atom stereocenters. The minimum absolute atomic E-state index is 0. The molecule has 0 radical (unpaired) electrons. The van der Waals surface area contributed by atoms with Gasteiger partial charge in [0.05, 0.1) is 0 Å². The Balaban J connectivity index is 0. The van der Waals surface area contributed by atoms with Crippen LogP contribution in [0.1, 0.15) is 40.0 Å². The highest BCUT2D eigenvalue weighted by Gasteiger charge is 2.05. The number of hydrogen-bond donors (Lipinski definition) is 1. The summed E-state index contributed by atoms with van der Waals surface area (Å²) >= 11 is 0. The summed E-state index contributed by atoms with van der Waals surface area (Å²) in [6.07, 6.45) is 7.86. The molecule has 0 saturated carbocycles. The fraction of sp³-hybridized carbons (Fsp3) is 0.800. The van der Waals surface area contributed by atoms with Crippen LogP contribution in [0.2, 0.25) is 0 Å². The minimum Gasteiger partial charge on any atom is -0.324 e. The Morgan fingerprint density at radius 1 is 1.33 bits per heavy atom. The second kappa shape index (κ2) is 9.08. The molecular weight excluding hydrogens is 170 g/mol. The summed E-state index contributed by atoms with van der Waals surface area (Å²) in [6, 6.07) is 0.256. The van der Waals surface area contributed by atoms with E-state index in [4.69, 9.17) is 5.73 Å². The molecule has 0 rings (SSSR count). The first-order chi connectivity index (χ1) is 5.22. The van der Waals surface area contributed by atoms with Crippen molar-refractivity contribution in [3.05, 3.63) is 12.2 Å². The van der Waals surface area contributed by atoms with E-state index in [1.54, 1.807) is 0 Å². The Morgan fingerprint density at radius 3 is 2.33 bits per heavy atom. The molecule has 0 heterocycles. The first kappa shape index (κ1) is 14.5. The first-order valence-corrected chi connectivity index (χ1v) is 4.64. The Kier molecular flexibility index (Phi) is 11.0. The molecule has 2 atom stereocenters. The Morgan fingerprint density at radius 2 is 1.92 bits per heavy atom. The van der Waals surface area contributed by atoms with E-state index in [9.17, 15) is 0 Å². The van der Waals surface area contributed by atoms with Crippen molar-refractivity contribution >= 4 is 12.4 Å². The highest BCUT2D eigenvalue weighted by molar-refractivity contribution is 5.85. The topological polar surface area (TPSA) is 26.0 Å². The third kappa shape index (κ3) is 6.68. The standard InChI is InChI=1S/C10H21N.ClH/c1-4-6-7-8-10(11)9(3)5-2;/h7-10H,4-6,11H2,1-3H3;1H/t9-,10+;/m0./s1. The molecule has 0 saturated heterocycles. The number of hydrogen-bond acceptors (Lipinski definition) is 1. The predicted molar refractivity (Wildman–Crippen MR) is 58.7 cm³/mol. The molecule has 1 nitrogen and oxygen atoms in total. The van der Waals surface area contributed by atoms with Gasteiger partial charge in [0.1, 0.15) is 0 Å². The quantitative estimate of drug-likeness (QED) is 0.664. The molecule has 0 aromatic heterocycles. The van der Waals surface area contributed by atoms with E-state index in [0.717, 1.165) is 12.8 Å². The lowest BCUT2D eigenvalue weighted by Gasteiger charge is -2.13. The third-order valence-corrected chi connectivity index (χ3v) is 2.11. The van der Waals surface area contributed by atoms with Crippen molar-refractivity contribution in [2.45, 2.75) is 46.1 Å². The van der Waals surface area contributed by atoms with Crippen molar-refractivity contribution < 1.29 is 0 Å². The SMILES string of the molecule is CCCC=C[C@@H](N)[C@@H](C)CC.Cl. The predicted octanol–water partition coefficient (Wildman–Crippen LogP) is 3.14. The highest BCUT2D eigenvalue weighted by atomic mass is 35.5. The van der Waals surface area contributed by atoms with Crippen molar-refractivity contribution in [2.75, 3.05) is 0 Å². The number of rotatable bonds is 5. The Labute approximate surface area is 82.8 Å². The molecule has 0 spiro atoms. The zero-order chi connectivity index (χ0) is 8.69. The molecule has 0 aliphatic heterocycles. The van der Waals surface area contributed by atoms with E-state index in [0.29, 0.717) is 5.92 Å². The van der Waals surface area contributed by atoms with E-state index in [-0.39, 0.29) is 18.4 Å². The van der Waals surface area contributed by atoms with E-state index < -0.39 is 0 Å². The number of halogens is 1. The van der Waals surface area contributed by atoms with Crippen molar-refractivity contribution in [3.63, 3.8) is 0 Å². The van der Waals surface area contributed by atoms with Crippen LogP contribution in [-0.4, -0.2) is 6.04 Å². The molecule has 0 fully saturated rings. The molecule has 74 valence electrons. The van der Waals surface area contributed by atoms with Gasteiger partial charge in [-0.05, 0) is 12.3 Å². The van der Waals surface area contributed by atoms with Gasteiger partial charge in [-0.2, -0.15) is 0 Å². The van der Waals surface area contributed by atoms with Crippen LogP contribution in [0.4, 0.5) is 0 Å². The molecule has 2 heteroatoms. The van der Waals surface area contributed by atoms with Gasteiger partial charge >= 0.3 is 0 Å². The van der Waals surface area contributed by atoms with Crippen LogP contribution >= 0.6 is 12.4 Å². The molecule has 0 aromatic rings. The zero-order valence-electron chi connectivity index (χ0n) is 8.42. The molecule has 0 bridgehead atoms. The van der Waals surface area contributed by atoms with Crippen LogP contribution in [0.15, 0.2) is 12.2 Å². The summed E-state index contributed by atoms with van der Waals surface area (Å²) in [7, 11) is 0. The minimum atomic E-state index is 0. The third-order valence-electron chi connectivity index (χ3n) is 2.11. The largest absolute Gasteiger partial charge is 0.324 e. The summed E-state index contributed by atoms with van der Waals surface area (Å²) in [5.74, 6) is 0.614. The van der Waals surface area contributed by atoms with E-state index in [2.05, 4.69) is 32.9 Å². The fourth-order valence-electron chi connectivity index (χ4n) is 0.882. The monoisotopic (exact) mass is 191 g/mol. The second-order valence-electron chi connectivity index (χ2n) is 3.18. The van der Waals surface area contributed by atoms with E-state index >= 15 is 0 Å². The average Bonchev–Trinajstić information content (AvgIpc) is 2.03. The number of unbranched alkanes of at least 4 members (excludes halogenated alkanes) is 1. The lowest BCUT2D eigenvalue weighted by molar-refractivity contribution is 0.502. The summed E-state index contributed by atoms with van der Waals surface area (Å²) in [6.45, 7) is 6.55. The molecule has 0 aromatic carbocycles. The zero-order valence-corrected chi connectivity index (χ0v) is 9.23. The van der Waals surface area contributed by atoms with Gasteiger partial charge in [-0.25, -0.2) is 0 Å². The second-order valence-corrected chi connectivity index (χ2v) is 3.18. The summed E-state index contributed by atoms with van der Waals surface area (Å²) in [4.78, 5) is 0. The van der Waals surface area contributed by atoms with Crippen LogP contribution in [-0.2, 0) is 0 Å². The molecule has 2 N–H and O–H groups in total. The number of allylic oxidation sites excluding steroid dienone is 1. The van der Waals surface area contributed by atoms with Gasteiger partial charge in [0.2, 0.25) is 0 Å². The summed E-state index contributed by atoms with van der Waals surface area (Å²) in [5.41, 5.74) is 5.88. The van der Waals surface area contributed by atoms with Gasteiger partial charge in [-0.3, -0.25) is 0 Å². The van der Waals surface area contributed by atoms with Crippen LogP contribution in [0.25, 0.3) is 0 Å². The lowest BCUT2D eigenvalue weighted by Crippen LogP contribution is -2.25. The average molecular weight is 192 g/mol. The fourth-order valence-corrected chi connectivity index (χ4v) is 0.882. The first-order valence-electron chi connectivity index (χ1n) is 4.64. The van der Waals surface area contributed by atoms with Crippen LogP contribution in [0.3, 0.4) is 0 Å². The van der Waals surface area contributed by atoms with E-state index in [1.807, 2.05) is 0 Å². The van der Waals surface area contributed by atoms with Gasteiger partial charge in [-0.1, -0.05) is 45.8 Å². The van der Waals surface area contributed by atoms with Gasteiger partial charge in [-0.15, -0.1) is 12.4 Å². The lowest BCUT2D eigenvalue weighted by atomic mass is 9.99. The van der Waals surface area contributed by atoms with Crippen molar-refractivity contribution in [3.8, 4) is 0 Å². The Hall–Kier alpha value is -0.0100. The molecule has 12 heavy (non-hydrogen) atoms. The van der Waals surface area contributed by atoms with Crippen LogP contribution < -0.4 is 5.73 Å². The molecule has 0 aliphatic rings. The van der Waals surface area contributed by atoms with Gasteiger partial charge in [0.25, 0.3) is 0 Å². The molecule has 0 aliphatic carbocycles. The number of nitrogens with two attached hydrogens (primary N) is 1. The maximum Gasteiger partial charge on any atom is 0.0249 e. The Bertz CT molecular complexity index is 112.